The summed E-state index contributed by atoms with van der Waals surface area (Å²) in [5, 5.41) is 11.5. The van der Waals surface area contributed by atoms with Crippen molar-refractivity contribution < 1.29 is 27.2 Å². The number of carbonyl (C=O) groups excluding carboxylic acids is 1. The minimum Gasteiger partial charge on any atom is -0.469 e. The maximum Gasteiger partial charge on any atom is 0.305 e. The maximum atomic E-state index is 11.7. The summed E-state index contributed by atoms with van der Waals surface area (Å²) in [6, 6.07) is 0. The molecule has 1 unspecified atom stereocenters. The number of methoxy groups -OCH3 is 1. The minimum absolute atomic E-state index is 0.123. The molecular weight excluding hydrogens is 440 g/mol. The summed E-state index contributed by atoms with van der Waals surface area (Å²) in [4.78, 5) is 11.7. The van der Waals surface area contributed by atoms with Crippen molar-refractivity contribution in [2.75, 3.05) is 13.4 Å². The molecule has 0 aromatic rings. The number of esters is 1. The molecule has 0 aromatic heterocycles. The number of carbonyl (C=O) groups is 1. The van der Waals surface area contributed by atoms with Crippen molar-refractivity contribution in [2.45, 2.75) is 97.2 Å². The van der Waals surface area contributed by atoms with Gasteiger partial charge in [0.25, 0.3) is 10.1 Å². The number of fused-ring (bicyclic) bond motifs is 5. The lowest BCUT2D eigenvalue weighted by atomic mass is 9.43. The summed E-state index contributed by atoms with van der Waals surface area (Å²) >= 11 is 0. The van der Waals surface area contributed by atoms with Crippen LogP contribution in [0.15, 0.2) is 0 Å². The van der Waals surface area contributed by atoms with Crippen molar-refractivity contribution in [3.8, 4) is 0 Å². The largest absolute Gasteiger partial charge is 0.469 e. The van der Waals surface area contributed by atoms with Crippen molar-refractivity contribution in [2.24, 2.45) is 46.3 Å². The van der Waals surface area contributed by atoms with E-state index in [0.717, 1.165) is 44.8 Å². The fraction of sp³-hybridized carbons (Fsp3) is 0.962. The molecule has 4 aliphatic rings. The fourth-order valence-electron chi connectivity index (χ4n) is 9.14. The summed E-state index contributed by atoms with van der Waals surface area (Å²) in [5.41, 5.74) is 0.370. The second-order valence-electron chi connectivity index (χ2n) is 12.3. The molecule has 0 amide bonds. The Morgan fingerprint density at radius 1 is 1.06 bits per heavy atom. The van der Waals surface area contributed by atoms with Gasteiger partial charge in [0.2, 0.25) is 0 Å². The molecule has 0 radical (unpaired) electrons. The van der Waals surface area contributed by atoms with Gasteiger partial charge >= 0.3 is 5.97 Å². The molecule has 33 heavy (non-hydrogen) atoms. The Bertz CT molecular complexity index is 842. The van der Waals surface area contributed by atoms with E-state index >= 15 is 0 Å². The van der Waals surface area contributed by atoms with E-state index in [4.69, 9.17) is 8.92 Å². The fourth-order valence-corrected chi connectivity index (χ4v) is 9.81. The number of hydrogen-bond donors (Lipinski definition) is 1. The van der Waals surface area contributed by atoms with Crippen LogP contribution >= 0.6 is 0 Å². The van der Waals surface area contributed by atoms with Crippen molar-refractivity contribution in [1.29, 1.82) is 0 Å². The first-order valence-corrected chi connectivity index (χ1v) is 14.8. The topological polar surface area (TPSA) is 89.9 Å². The number of aliphatic hydroxyl groups excluding tert-OH is 1. The first kappa shape index (κ1) is 25.4. The highest BCUT2D eigenvalue weighted by Crippen LogP contribution is 2.68. The van der Waals surface area contributed by atoms with Crippen LogP contribution in [0.3, 0.4) is 0 Å². The van der Waals surface area contributed by atoms with E-state index in [0.29, 0.717) is 41.9 Å². The van der Waals surface area contributed by atoms with Gasteiger partial charge in [-0.05, 0) is 104 Å². The van der Waals surface area contributed by atoms with Crippen LogP contribution in [0.4, 0.5) is 0 Å². The van der Waals surface area contributed by atoms with Crippen LogP contribution < -0.4 is 0 Å². The highest BCUT2D eigenvalue weighted by atomic mass is 32.2. The van der Waals surface area contributed by atoms with Crippen LogP contribution in [-0.2, 0) is 23.8 Å². The van der Waals surface area contributed by atoms with Gasteiger partial charge in [-0.1, -0.05) is 20.8 Å². The first-order chi connectivity index (χ1) is 15.4. The van der Waals surface area contributed by atoms with E-state index in [2.05, 4.69) is 20.8 Å². The van der Waals surface area contributed by atoms with E-state index in [1.54, 1.807) is 0 Å². The van der Waals surface area contributed by atoms with E-state index < -0.39 is 10.1 Å². The molecule has 0 spiro atoms. The molecule has 4 aliphatic carbocycles. The second-order valence-corrected chi connectivity index (χ2v) is 13.9. The van der Waals surface area contributed by atoms with Crippen molar-refractivity contribution in [3.63, 3.8) is 0 Å². The predicted octanol–water partition coefficient (Wildman–Crippen LogP) is 4.55. The molecule has 10 atom stereocenters. The Labute approximate surface area is 200 Å². The van der Waals surface area contributed by atoms with Gasteiger partial charge in [0.1, 0.15) is 0 Å². The third-order valence-corrected chi connectivity index (χ3v) is 11.4. The van der Waals surface area contributed by atoms with Gasteiger partial charge in [-0.2, -0.15) is 8.42 Å². The molecule has 6 nitrogen and oxygen atoms in total. The molecular formula is C26H44O6S. The Kier molecular flexibility index (Phi) is 7.00. The van der Waals surface area contributed by atoms with E-state index in [1.165, 1.54) is 26.4 Å². The molecule has 7 heteroatoms. The van der Waals surface area contributed by atoms with Crippen LogP contribution in [0.5, 0.6) is 0 Å². The second kappa shape index (κ2) is 9.09. The van der Waals surface area contributed by atoms with E-state index in [-0.39, 0.29) is 29.0 Å². The molecule has 4 fully saturated rings. The van der Waals surface area contributed by atoms with Gasteiger partial charge in [0.15, 0.2) is 0 Å². The molecule has 0 aromatic carbocycles. The number of rotatable bonds is 6. The van der Waals surface area contributed by atoms with Gasteiger partial charge in [0, 0.05) is 6.42 Å². The first-order valence-electron chi connectivity index (χ1n) is 13.0. The monoisotopic (exact) mass is 484 g/mol. The smallest absolute Gasteiger partial charge is 0.305 e. The van der Waals surface area contributed by atoms with E-state index in [9.17, 15) is 18.3 Å². The normalized spacial score (nSPS) is 46.1. The van der Waals surface area contributed by atoms with Crippen molar-refractivity contribution in [3.05, 3.63) is 0 Å². The van der Waals surface area contributed by atoms with Crippen molar-refractivity contribution >= 4 is 16.1 Å². The molecule has 0 saturated heterocycles. The summed E-state index contributed by atoms with van der Waals surface area (Å²) in [6.45, 7) is 7.16. The van der Waals surface area contributed by atoms with Gasteiger partial charge in [-0.25, -0.2) is 0 Å². The lowest BCUT2D eigenvalue weighted by Gasteiger charge is -2.62. The number of hydrogen-bond acceptors (Lipinski definition) is 6. The van der Waals surface area contributed by atoms with Gasteiger partial charge in [-0.3, -0.25) is 8.98 Å². The predicted molar refractivity (Wildman–Crippen MR) is 127 cm³/mol. The van der Waals surface area contributed by atoms with Gasteiger partial charge < -0.3 is 9.84 Å². The molecule has 190 valence electrons. The highest BCUT2D eigenvalue weighted by Gasteiger charge is 2.63. The van der Waals surface area contributed by atoms with Crippen molar-refractivity contribution in [1.82, 2.24) is 0 Å². The summed E-state index contributed by atoms with van der Waals surface area (Å²) in [6.07, 6.45) is 9.87. The van der Waals surface area contributed by atoms with Gasteiger partial charge in [0.05, 0.1) is 25.6 Å². The highest BCUT2D eigenvalue weighted by molar-refractivity contribution is 7.86. The molecule has 4 saturated carbocycles. The number of ether oxygens (including phenoxy) is 1. The summed E-state index contributed by atoms with van der Waals surface area (Å²) < 4.78 is 33.6. The lowest BCUT2D eigenvalue weighted by Crippen LogP contribution is -2.58. The SMILES string of the molecule is COC(=O)CC[C@@H](C)[C@H]1CC[C@H]2[C@@H]3[C@@H](O)CC4C[C@H](OS(C)(=O)=O)CC[C@]4(C)[C@H]3CC[C@]12C. The summed E-state index contributed by atoms with van der Waals surface area (Å²) in [5.74, 6) is 2.60. The Morgan fingerprint density at radius 3 is 2.39 bits per heavy atom. The summed E-state index contributed by atoms with van der Waals surface area (Å²) in [7, 11) is -2.00. The zero-order valence-corrected chi connectivity index (χ0v) is 21.9. The Balaban J connectivity index is 1.50. The molecule has 0 aliphatic heterocycles. The lowest BCUT2D eigenvalue weighted by molar-refractivity contribution is -0.172. The molecule has 0 heterocycles. The minimum atomic E-state index is -3.46. The third-order valence-electron chi connectivity index (χ3n) is 10.7. The third kappa shape index (κ3) is 4.63. The van der Waals surface area contributed by atoms with Crippen LogP contribution in [-0.4, -0.2) is 45.1 Å². The average Bonchev–Trinajstić information content (AvgIpc) is 3.09. The average molecular weight is 485 g/mol. The Hall–Kier alpha value is -0.660. The maximum absolute atomic E-state index is 11.7. The van der Waals surface area contributed by atoms with Crippen LogP contribution in [0.1, 0.15) is 85.0 Å². The molecule has 4 rings (SSSR count). The van der Waals surface area contributed by atoms with E-state index in [1.807, 2.05) is 0 Å². The molecule has 1 N–H and O–H groups in total. The number of aliphatic hydroxyl groups is 1. The van der Waals surface area contributed by atoms with Gasteiger partial charge in [-0.15, -0.1) is 0 Å². The molecule has 0 bridgehead atoms. The zero-order chi connectivity index (χ0) is 24.2. The van der Waals surface area contributed by atoms with Crippen LogP contribution in [0, 0.1) is 46.3 Å². The van der Waals surface area contributed by atoms with Crippen LogP contribution in [0.25, 0.3) is 0 Å². The van der Waals surface area contributed by atoms with Crippen LogP contribution in [0.2, 0.25) is 0 Å². The Morgan fingerprint density at radius 2 is 1.73 bits per heavy atom. The quantitative estimate of drug-likeness (QED) is 0.439. The standard InChI is InChI=1S/C26H44O6S/c1-16(6-9-23(28)31-4)19-7-8-20-24-21(11-13-26(19,20)3)25(2)12-10-18(32-33(5,29)30)14-17(25)15-22(24)27/h16-22,24,27H,6-15H2,1-5H3/t16-,17?,18-,19-,20+,21+,22+,24+,25+,26-/m1/s1. The zero-order valence-electron chi connectivity index (χ0n) is 21.1.